The van der Waals surface area contributed by atoms with Crippen LogP contribution >= 0.6 is 0 Å². The van der Waals surface area contributed by atoms with Crippen molar-refractivity contribution >= 4 is 11.7 Å². The van der Waals surface area contributed by atoms with E-state index < -0.39 is 0 Å². The molecule has 1 saturated heterocycles. The molecular weight excluding hydrogens is 200 g/mol. The molecule has 2 rings (SSSR count). The number of aromatic nitrogens is 1. The van der Waals surface area contributed by atoms with Gasteiger partial charge >= 0.3 is 0 Å². The SMILES string of the molecule is CC1(C(=N)N)CCN(c2ccccn2)CC1. The molecule has 1 aromatic heterocycles. The fraction of sp³-hybridized carbons (Fsp3) is 0.500. The third-order valence-electron chi connectivity index (χ3n) is 3.49. The number of anilines is 1. The molecule has 3 N–H and O–H groups in total. The highest BCUT2D eigenvalue weighted by Gasteiger charge is 2.33. The molecule has 16 heavy (non-hydrogen) atoms. The van der Waals surface area contributed by atoms with Crippen molar-refractivity contribution in [1.82, 2.24) is 4.98 Å². The predicted octanol–water partition coefficient (Wildman–Crippen LogP) is 1.62. The standard InChI is InChI=1S/C12H18N4/c1-12(11(13)14)5-8-16(9-6-12)10-4-2-3-7-15-10/h2-4,7H,5-6,8-9H2,1H3,(H3,13,14). The Morgan fingerprint density at radius 3 is 2.62 bits per heavy atom. The molecule has 0 aromatic carbocycles. The molecule has 0 radical (unpaired) electrons. The normalized spacial score (nSPS) is 19.4. The van der Waals surface area contributed by atoms with Crippen molar-refractivity contribution < 1.29 is 0 Å². The average molecular weight is 218 g/mol. The summed E-state index contributed by atoms with van der Waals surface area (Å²) in [6.07, 6.45) is 3.67. The highest BCUT2D eigenvalue weighted by Crippen LogP contribution is 2.31. The molecule has 1 aliphatic rings. The molecule has 1 aromatic rings. The number of nitrogens with one attached hydrogen (secondary N) is 1. The lowest BCUT2D eigenvalue weighted by molar-refractivity contribution is 0.350. The smallest absolute Gasteiger partial charge is 0.128 e. The third-order valence-corrected chi connectivity index (χ3v) is 3.49. The Kier molecular flexibility index (Phi) is 2.81. The van der Waals surface area contributed by atoms with Crippen LogP contribution in [0.4, 0.5) is 5.82 Å². The van der Waals surface area contributed by atoms with Crippen molar-refractivity contribution in [2.24, 2.45) is 11.1 Å². The summed E-state index contributed by atoms with van der Waals surface area (Å²) >= 11 is 0. The maximum atomic E-state index is 7.60. The lowest BCUT2D eigenvalue weighted by atomic mass is 9.79. The van der Waals surface area contributed by atoms with Crippen molar-refractivity contribution in [1.29, 1.82) is 5.41 Å². The van der Waals surface area contributed by atoms with Gasteiger partial charge < -0.3 is 10.6 Å². The topological polar surface area (TPSA) is 66.0 Å². The monoisotopic (exact) mass is 218 g/mol. The Hall–Kier alpha value is -1.58. The second-order valence-electron chi connectivity index (χ2n) is 4.65. The summed E-state index contributed by atoms with van der Waals surface area (Å²) in [5, 5.41) is 7.60. The van der Waals surface area contributed by atoms with Gasteiger partial charge in [0.25, 0.3) is 0 Å². The van der Waals surface area contributed by atoms with E-state index in [1.165, 1.54) is 0 Å². The molecule has 0 unspecified atom stereocenters. The fourth-order valence-electron chi connectivity index (χ4n) is 2.04. The van der Waals surface area contributed by atoms with E-state index in [-0.39, 0.29) is 5.41 Å². The summed E-state index contributed by atoms with van der Waals surface area (Å²) in [6, 6.07) is 5.95. The second-order valence-corrected chi connectivity index (χ2v) is 4.65. The van der Waals surface area contributed by atoms with Crippen LogP contribution < -0.4 is 10.6 Å². The van der Waals surface area contributed by atoms with Crippen molar-refractivity contribution in [2.45, 2.75) is 19.8 Å². The molecule has 2 heterocycles. The molecule has 1 aliphatic heterocycles. The maximum absolute atomic E-state index is 7.60. The number of pyridine rings is 1. The second kappa shape index (κ2) is 4.12. The van der Waals surface area contributed by atoms with Crippen LogP contribution in [0.3, 0.4) is 0 Å². The van der Waals surface area contributed by atoms with Crippen LogP contribution in [0.25, 0.3) is 0 Å². The van der Waals surface area contributed by atoms with E-state index in [9.17, 15) is 0 Å². The molecule has 4 heteroatoms. The van der Waals surface area contributed by atoms with Gasteiger partial charge in [0.15, 0.2) is 0 Å². The zero-order valence-electron chi connectivity index (χ0n) is 9.61. The van der Waals surface area contributed by atoms with Gasteiger partial charge in [-0.3, -0.25) is 5.41 Å². The molecule has 1 fully saturated rings. The minimum atomic E-state index is -0.120. The first-order valence-electron chi connectivity index (χ1n) is 5.62. The van der Waals surface area contributed by atoms with Crippen molar-refractivity contribution in [3.05, 3.63) is 24.4 Å². The third kappa shape index (κ3) is 2.01. The van der Waals surface area contributed by atoms with E-state index in [0.717, 1.165) is 31.7 Å². The summed E-state index contributed by atoms with van der Waals surface area (Å²) in [5.74, 6) is 1.33. The summed E-state index contributed by atoms with van der Waals surface area (Å²) < 4.78 is 0. The number of nitrogens with zero attached hydrogens (tertiary/aromatic N) is 2. The van der Waals surface area contributed by atoms with E-state index >= 15 is 0 Å². The molecule has 0 spiro atoms. The van der Waals surface area contributed by atoms with Crippen molar-refractivity contribution in [3.8, 4) is 0 Å². The van der Waals surface area contributed by atoms with E-state index in [2.05, 4.69) is 16.8 Å². The van der Waals surface area contributed by atoms with Crippen LogP contribution in [-0.4, -0.2) is 23.9 Å². The first-order valence-corrected chi connectivity index (χ1v) is 5.62. The van der Waals surface area contributed by atoms with Gasteiger partial charge in [-0.05, 0) is 25.0 Å². The van der Waals surface area contributed by atoms with Gasteiger partial charge in [0.2, 0.25) is 0 Å². The Morgan fingerprint density at radius 2 is 2.12 bits per heavy atom. The Morgan fingerprint density at radius 1 is 1.44 bits per heavy atom. The Balaban J connectivity index is 2.03. The Labute approximate surface area is 96.0 Å². The Bertz CT molecular complexity index is 366. The van der Waals surface area contributed by atoms with Gasteiger partial charge in [0.1, 0.15) is 5.82 Å². The van der Waals surface area contributed by atoms with Crippen LogP contribution in [0.2, 0.25) is 0 Å². The number of hydrogen-bond acceptors (Lipinski definition) is 3. The first kappa shape index (κ1) is 10.9. The maximum Gasteiger partial charge on any atom is 0.128 e. The quantitative estimate of drug-likeness (QED) is 0.585. The van der Waals surface area contributed by atoms with E-state index in [4.69, 9.17) is 11.1 Å². The molecule has 0 aliphatic carbocycles. The zero-order chi connectivity index (χ0) is 11.6. The van der Waals surface area contributed by atoms with Crippen LogP contribution in [0.5, 0.6) is 0 Å². The van der Waals surface area contributed by atoms with E-state index in [1.54, 1.807) is 0 Å². The molecule has 0 bridgehead atoms. The molecule has 0 saturated carbocycles. The lowest BCUT2D eigenvalue weighted by Crippen LogP contribution is -2.45. The van der Waals surface area contributed by atoms with Crippen molar-refractivity contribution in [3.63, 3.8) is 0 Å². The summed E-state index contributed by atoms with van der Waals surface area (Å²) in [4.78, 5) is 6.59. The minimum absolute atomic E-state index is 0.120. The number of hydrogen-bond donors (Lipinski definition) is 2. The molecule has 0 amide bonds. The van der Waals surface area contributed by atoms with Crippen LogP contribution in [0.15, 0.2) is 24.4 Å². The van der Waals surface area contributed by atoms with Gasteiger partial charge in [-0.25, -0.2) is 4.98 Å². The number of nitrogens with two attached hydrogens (primary N) is 1. The van der Waals surface area contributed by atoms with Gasteiger partial charge in [-0.15, -0.1) is 0 Å². The average Bonchev–Trinajstić information content (AvgIpc) is 2.31. The predicted molar refractivity (Wildman–Crippen MR) is 65.7 cm³/mol. The first-order chi connectivity index (χ1) is 7.62. The number of rotatable bonds is 2. The summed E-state index contributed by atoms with van der Waals surface area (Å²) in [7, 11) is 0. The van der Waals surface area contributed by atoms with Gasteiger partial charge in [0.05, 0.1) is 5.84 Å². The van der Waals surface area contributed by atoms with Crippen molar-refractivity contribution in [2.75, 3.05) is 18.0 Å². The highest BCUT2D eigenvalue weighted by atomic mass is 15.2. The highest BCUT2D eigenvalue weighted by molar-refractivity contribution is 5.83. The molecule has 0 atom stereocenters. The summed E-state index contributed by atoms with van der Waals surface area (Å²) in [5.41, 5.74) is 5.51. The van der Waals surface area contributed by atoms with E-state index in [0.29, 0.717) is 5.84 Å². The van der Waals surface area contributed by atoms with Crippen LogP contribution in [-0.2, 0) is 0 Å². The largest absolute Gasteiger partial charge is 0.387 e. The molecule has 4 nitrogen and oxygen atoms in total. The van der Waals surface area contributed by atoms with E-state index in [1.807, 2.05) is 24.4 Å². The number of piperidine rings is 1. The van der Waals surface area contributed by atoms with Gasteiger partial charge in [-0.2, -0.15) is 0 Å². The fourth-order valence-corrected chi connectivity index (χ4v) is 2.04. The molecular formula is C12H18N4. The van der Waals surface area contributed by atoms with Crippen LogP contribution in [0.1, 0.15) is 19.8 Å². The van der Waals surface area contributed by atoms with Gasteiger partial charge in [0, 0.05) is 24.7 Å². The lowest BCUT2D eigenvalue weighted by Gasteiger charge is -2.39. The van der Waals surface area contributed by atoms with Gasteiger partial charge in [-0.1, -0.05) is 13.0 Å². The minimum Gasteiger partial charge on any atom is -0.387 e. The zero-order valence-corrected chi connectivity index (χ0v) is 9.61. The number of amidine groups is 1. The van der Waals surface area contributed by atoms with Crippen LogP contribution in [0, 0.1) is 10.8 Å². The summed E-state index contributed by atoms with van der Waals surface area (Å²) in [6.45, 7) is 3.92. The molecule has 86 valence electrons.